The van der Waals surface area contributed by atoms with Gasteiger partial charge in [-0.2, -0.15) is 0 Å². The summed E-state index contributed by atoms with van der Waals surface area (Å²) in [4.78, 5) is 10.1. The highest BCUT2D eigenvalue weighted by atomic mass is 16.6. The molecule has 0 spiro atoms. The van der Waals surface area contributed by atoms with Crippen LogP contribution in [0.3, 0.4) is 0 Å². The highest BCUT2D eigenvalue weighted by molar-refractivity contribution is 4.66. The van der Waals surface area contributed by atoms with E-state index < -0.39 is 6.04 Å². The van der Waals surface area contributed by atoms with Crippen molar-refractivity contribution in [2.75, 3.05) is 6.61 Å². The van der Waals surface area contributed by atoms with Gasteiger partial charge in [0.05, 0.1) is 6.10 Å². The molecule has 1 fully saturated rings. The lowest BCUT2D eigenvalue weighted by Crippen LogP contribution is -2.27. The van der Waals surface area contributed by atoms with Crippen molar-refractivity contribution < 1.29 is 9.66 Å². The van der Waals surface area contributed by atoms with E-state index in [2.05, 4.69) is 0 Å². The Labute approximate surface area is 72.1 Å². The minimum atomic E-state index is -0.465. The normalized spacial score (nSPS) is 26.6. The summed E-state index contributed by atoms with van der Waals surface area (Å²) in [6.45, 7) is 2.41. The van der Waals surface area contributed by atoms with Crippen molar-refractivity contribution in [3.8, 4) is 0 Å². The second kappa shape index (κ2) is 4.40. The maximum absolute atomic E-state index is 10.3. The van der Waals surface area contributed by atoms with Crippen LogP contribution in [0.15, 0.2) is 0 Å². The zero-order valence-corrected chi connectivity index (χ0v) is 7.36. The number of nitro groups is 1. The molecule has 1 aliphatic rings. The summed E-state index contributed by atoms with van der Waals surface area (Å²) in [5.41, 5.74) is 0. The van der Waals surface area contributed by atoms with E-state index >= 15 is 0 Å². The van der Waals surface area contributed by atoms with Crippen molar-refractivity contribution in [2.45, 2.75) is 44.8 Å². The standard InChI is InChI=1S/C8H15NO3/c1-7(9(10)11)6-8-4-2-3-5-12-8/h7-8H,2-6H2,1H3. The molecule has 2 atom stereocenters. The number of rotatable bonds is 3. The first-order valence-corrected chi connectivity index (χ1v) is 4.45. The van der Waals surface area contributed by atoms with Crippen LogP contribution in [0.5, 0.6) is 0 Å². The van der Waals surface area contributed by atoms with E-state index in [0.717, 1.165) is 25.9 Å². The second-order valence-electron chi connectivity index (χ2n) is 3.36. The zero-order chi connectivity index (χ0) is 8.97. The highest BCUT2D eigenvalue weighted by Crippen LogP contribution is 2.17. The van der Waals surface area contributed by atoms with Gasteiger partial charge in [-0.25, -0.2) is 0 Å². The maximum Gasteiger partial charge on any atom is 0.212 e. The second-order valence-corrected chi connectivity index (χ2v) is 3.36. The Morgan fingerprint density at radius 3 is 2.92 bits per heavy atom. The molecule has 0 amide bonds. The van der Waals surface area contributed by atoms with Gasteiger partial charge in [-0.1, -0.05) is 0 Å². The van der Waals surface area contributed by atoms with Gasteiger partial charge >= 0.3 is 0 Å². The summed E-state index contributed by atoms with van der Waals surface area (Å²) >= 11 is 0. The molecule has 2 unspecified atom stereocenters. The third-order valence-corrected chi connectivity index (χ3v) is 2.24. The molecule has 0 radical (unpaired) electrons. The number of ether oxygens (including phenoxy) is 1. The molecule has 1 heterocycles. The molecule has 70 valence electrons. The molecule has 12 heavy (non-hydrogen) atoms. The van der Waals surface area contributed by atoms with Crippen LogP contribution in [0.1, 0.15) is 32.6 Å². The first-order chi connectivity index (χ1) is 5.70. The third-order valence-electron chi connectivity index (χ3n) is 2.24. The van der Waals surface area contributed by atoms with Crippen LogP contribution >= 0.6 is 0 Å². The number of hydrogen-bond donors (Lipinski definition) is 0. The molecule has 0 aromatic carbocycles. The summed E-state index contributed by atoms with van der Waals surface area (Å²) in [5.74, 6) is 0. The third kappa shape index (κ3) is 2.77. The molecule has 0 aliphatic carbocycles. The van der Waals surface area contributed by atoms with Gasteiger partial charge < -0.3 is 4.74 Å². The van der Waals surface area contributed by atoms with Gasteiger partial charge in [-0.05, 0) is 19.3 Å². The van der Waals surface area contributed by atoms with Crippen molar-refractivity contribution >= 4 is 0 Å². The Kier molecular flexibility index (Phi) is 3.47. The summed E-state index contributed by atoms with van der Waals surface area (Å²) in [6, 6.07) is -0.465. The summed E-state index contributed by atoms with van der Waals surface area (Å²) in [7, 11) is 0. The zero-order valence-electron chi connectivity index (χ0n) is 7.36. The van der Waals surface area contributed by atoms with Crippen LogP contribution in [0.4, 0.5) is 0 Å². The van der Waals surface area contributed by atoms with Gasteiger partial charge in [-0.15, -0.1) is 0 Å². The van der Waals surface area contributed by atoms with Crippen molar-refractivity contribution in [1.29, 1.82) is 0 Å². The van der Waals surface area contributed by atoms with E-state index in [9.17, 15) is 10.1 Å². The molecule has 4 heteroatoms. The van der Waals surface area contributed by atoms with E-state index in [1.165, 1.54) is 0 Å². The van der Waals surface area contributed by atoms with E-state index in [4.69, 9.17) is 4.74 Å². The van der Waals surface area contributed by atoms with E-state index in [-0.39, 0.29) is 11.0 Å². The SMILES string of the molecule is CC(CC1CCCCO1)[N+](=O)[O-]. The minimum Gasteiger partial charge on any atom is -0.378 e. The Bertz CT molecular complexity index is 154. The van der Waals surface area contributed by atoms with Crippen molar-refractivity contribution in [3.63, 3.8) is 0 Å². The largest absolute Gasteiger partial charge is 0.378 e. The molecule has 0 bridgehead atoms. The summed E-state index contributed by atoms with van der Waals surface area (Å²) in [6.07, 6.45) is 3.92. The molecule has 4 nitrogen and oxygen atoms in total. The Balaban J connectivity index is 2.24. The molecule has 1 saturated heterocycles. The quantitative estimate of drug-likeness (QED) is 0.481. The smallest absolute Gasteiger partial charge is 0.212 e. The summed E-state index contributed by atoms with van der Waals surface area (Å²) < 4.78 is 5.39. The predicted octanol–water partition coefficient (Wildman–Crippen LogP) is 1.61. The fourth-order valence-electron chi connectivity index (χ4n) is 1.46. The van der Waals surface area contributed by atoms with Gasteiger partial charge in [0, 0.05) is 24.9 Å². The van der Waals surface area contributed by atoms with Crippen LogP contribution in [-0.2, 0) is 4.74 Å². The van der Waals surface area contributed by atoms with Gasteiger partial charge in [0.15, 0.2) is 0 Å². The maximum atomic E-state index is 10.3. The molecule has 0 N–H and O–H groups in total. The number of nitrogens with zero attached hydrogens (tertiary/aromatic N) is 1. The highest BCUT2D eigenvalue weighted by Gasteiger charge is 2.22. The Morgan fingerprint density at radius 1 is 1.67 bits per heavy atom. The van der Waals surface area contributed by atoms with Crippen LogP contribution in [0, 0.1) is 10.1 Å². The predicted molar refractivity (Wildman–Crippen MR) is 44.7 cm³/mol. The molecule has 0 saturated carbocycles. The first-order valence-electron chi connectivity index (χ1n) is 4.45. The topological polar surface area (TPSA) is 52.4 Å². The Hall–Kier alpha value is -0.640. The first kappa shape index (κ1) is 9.45. The van der Waals surface area contributed by atoms with Gasteiger partial charge in [-0.3, -0.25) is 10.1 Å². The van der Waals surface area contributed by atoms with Gasteiger partial charge in [0.2, 0.25) is 6.04 Å². The molecular weight excluding hydrogens is 158 g/mol. The average molecular weight is 173 g/mol. The lowest BCUT2D eigenvalue weighted by Gasteiger charge is -2.22. The molecular formula is C8H15NO3. The molecule has 1 rings (SSSR count). The van der Waals surface area contributed by atoms with Crippen LogP contribution in [0.2, 0.25) is 0 Å². The fourth-order valence-corrected chi connectivity index (χ4v) is 1.46. The van der Waals surface area contributed by atoms with Crippen molar-refractivity contribution in [2.24, 2.45) is 0 Å². The molecule has 0 aromatic rings. The van der Waals surface area contributed by atoms with Crippen LogP contribution < -0.4 is 0 Å². The van der Waals surface area contributed by atoms with Crippen LogP contribution in [0.25, 0.3) is 0 Å². The summed E-state index contributed by atoms with van der Waals surface area (Å²) in [5, 5.41) is 10.3. The van der Waals surface area contributed by atoms with Gasteiger partial charge in [0.1, 0.15) is 0 Å². The van der Waals surface area contributed by atoms with Gasteiger partial charge in [0.25, 0.3) is 0 Å². The van der Waals surface area contributed by atoms with Crippen molar-refractivity contribution in [1.82, 2.24) is 0 Å². The fraction of sp³-hybridized carbons (Fsp3) is 1.00. The van der Waals surface area contributed by atoms with Crippen LogP contribution in [-0.4, -0.2) is 23.7 Å². The average Bonchev–Trinajstić information content (AvgIpc) is 2.06. The van der Waals surface area contributed by atoms with E-state index in [1.54, 1.807) is 6.92 Å². The molecule has 1 aliphatic heterocycles. The number of hydrogen-bond acceptors (Lipinski definition) is 3. The Morgan fingerprint density at radius 2 is 2.42 bits per heavy atom. The lowest BCUT2D eigenvalue weighted by atomic mass is 10.0. The van der Waals surface area contributed by atoms with E-state index in [0.29, 0.717) is 6.42 Å². The van der Waals surface area contributed by atoms with Crippen molar-refractivity contribution in [3.05, 3.63) is 10.1 Å². The minimum absolute atomic E-state index is 0.124. The monoisotopic (exact) mass is 173 g/mol. The lowest BCUT2D eigenvalue weighted by molar-refractivity contribution is -0.520. The van der Waals surface area contributed by atoms with E-state index in [1.807, 2.05) is 0 Å². The molecule has 0 aromatic heterocycles.